The van der Waals surface area contributed by atoms with E-state index in [0.717, 1.165) is 22.8 Å². The molecule has 3 aromatic carbocycles. The minimum Gasteiger partial charge on any atom is -0.324 e. The summed E-state index contributed by atoms with van der Waals surface area (Å²) in [6, 6.07) is 29.1. The predicted octanol–water partition coefficient (Wildman–Crippen LogP) is 4.08. The van der Waals surface area contributed by atoms with Gasteiger partial charge >= 0.3 is 0 Å². The Morgan fingerprint density at radius 2 is 1.15 bits per heavy atom. The van der Waals surface area contributed by atoms with Crippen LogP contribution >= 0.6 is 0 Å². The average Bonchev–Trinajstić information content (AvgIpc) is 2.75. The number of rotatable bonds is 5. The van der Waals surface area contributed by atoms with Crippen LogP contribution < -0.4 is 5.32 Å². The second-order valence-electron chi connectivity index (χ2n) is 6.29. The Labute approximate surface area is 158 Å². The molecule has 4 heteroatoms. The Kier molecular flexibility index (Phi) is 4.88. The topological polar surface area (TPSA) is 53.8 Å². The molecule has 0 saturated heterocycles. The zero-order chi connectivity index (χ0) is 18.5. The lowest BCUT2D eigenvalue weighted by atomic mass is 10.1. The van der Waals surface area contributed by atoms with Crippen molar-refractivity contribution in [1.29, 1.82) is 0 Å². The second-order valence-corrected chi connectivity index (χ2v) is 6.29. The zero-order valence-corrected chi connectivity index (χ0v) is 14.7. The van der Waals surface area contributed by atoms with E-state index in [1.807, 2.05) is 91.0 Å². The first-order chi connectivity index (χ1) is 13.3. The number of Topliss-reactive ketones (excluding diaryl/α,β-unsaturated/α-hetero) is 1. The maximum Gasteiger partial charge on any atom is 0.166 e. The molecule has 0 amide bonds. The summed E-state index contributed by atoms with van der Waals surface area (Å²) in [5.74, 6) is 1.50. The summed E-state index contributed by atoms with van der Waals surface area (Å²) in [4.78, 5) is 22.0. The Hall–Kier alpha value is -3.53. The van der Waals surface area contributed by atoms with Gasteiger partial charge in [0.15, 0.2) is 11.9 Å². The van der Waals surface area contributed by atoms with Crippen LogP contribution in [0.5, 0.6) is 0 Å². The first-order valence-electron chi connectivity index (χ1n) is 8.91. The summed E-state index contributed by atoms with van der Waals surface area (Å²) in [6.07, 6.45) is -0.220. The number of hydrogen-bond donors (Lipinski definition) is 1. The SMILES string of the molecule is O=C(CC1N=C(c2ccccc2)NC(c2ccccc2)=N1)c1ccccc1. The Balaban J connectivity index is 1.65. The van der Waals surface area contributed by atoms with Crippen molar-refractivity contribution >= 4 is 17.5 Å². The van der Waals surface area contributed by atoms with Crippen molar-refractivity contribution in [2.24, 2.45) is 9.98 Å². The van der Waals surface area contributed by atoms with Gasteiger partial charge < -0.3 is 5.32 Å². The largest absolute Gasteiger partial charge is 0.324 e. The molecule has 1 aliphatic rings. The number of carbonyl (C=O) groups is 1. The summed E-state index contributed by atoms with van der Waals surface area (Å²) in [5, 5.41) is 3.32. The summed E-state index contributed by atoms with van der Waals surface area (Å²) in [7, 11) is 0. The molecule has 1 aliphatic heterocycles. The van der Waals surface area contributed by atoms with Gasteiger partial charge in [0.25, 0.3) is 0 Å². The molecule has 0 unspecified atom stereocenters. The van der Waals surface area contributed by atoms with E-state index in [4.69, 9.17) is 9.98 Å². The first-order valence-corrected chi connectivity index (χ1v) is 8.91. The molecule has 0 bridgehead atoms. The van der Waals surface area contributed by atoms with Crippen molar-refractivity contribution in [3.63, 3.8) is 0 Å². The summed E-state index contributed by atoms with van der Waals surface area (Å²) in [6.45, 7) is 0. The molecule has 0 radical (unpaired) electrons. The Bertz CT molecular complexity index is 924. The van der Waals surface area contributed by atoms with E-state index >= 15 is 0 Å². The normalized spacial score (nSPS) is 14.1. The third-order valence-corrected chi connectivity index (χ3v) is 4.35. The molecule has 27 heavy (non-hydrogen) atoms. The first kappa shape index (κ1) is 16.9. The molecule has 0 aliphatic carbocycles. The molecular formula is C23H19N3O. The van der Waals surface area contributed by atoms with Crippen LogP contribution in [0.15, 0.2) is 101 Å². The van der Waals surface area contributed by atoms with Gasteiger partial charge in [-0.2, -0.15) is 0 Å². The number of nitrogens with zero attached hydrogens (tertiary/aromatic N) is 2. The lowest BCUT2D eigenvalue weighted by Crippen LogP contribution is -2.38. The van der Waals surface area contributed by atoms with E-state index in [1.165, 1.54) is 0 Å². The fourth-order valence-electron chi connectivity index (χ4n) is 2.99. The van der Waals surface area contributed by atoms with Gasteiger partial charge in [-0.3, -0.25) is 4.79 Å². The van der Waals surface area contributed by atoms with Crippen molar-refractivity contribution in [3.05, 3.63) is 108 Å². The van der Waals surface area contributed by atoms with Gasteiger partial charge in [0.2, 0.25) is 0 Å². The number of nitrogens with one attached hydrogen (secondary N) is 1. The van der Waals surface area contributed by atoms with Crippen molar-refractivity contribution in [1.82, 2.24) is 5.32 Å². The van der Waals surface area contributed by atoms with Gasteiger partial charge in [0.05, 0.1) is 6.42 Å². The van der Waals surface area contributed by atoms with Gasteiger partial charge in [-0.05, 0) is 0 Å². The molecule has 4 rings (SSSR count). The summed E-state index contributed by atoms with van der Waals surface area (Å²) >= 11 is 0. The van der Waals surface area contributed by atoms with Crippen molar-refractivity contribution in [2.45, 2.75) is 12.6 Å². The molecule has 1 heterocycles. The highest BCUT2D eigenvalue weighted by Gasteiger charge is 2.21. The Morgan fingerprint density at radius 1 is 0.704 bits per heavy atom. The molecular weight excluding hydrogens is 334 g/mol. The molecule has 0 fully saturated rings. The van der Waals surface area contributed by atoms with Crippen molar-refractivity contribution in [2.75, 3.05) is 0 Å². The van der Waals surface area contributed by atoms with Crippen LogP contribution in [-0.4, -0.2) is 23.6 Å². The monoisotopic (exact) mass is 353 g/mol. The van der Waals surface area contributed by atoms with Gasteiger partial charge in [0.1, 0.15) is 11.7 Å². The number of hydrogen-bond acceptors (Lipinski definition) is 4. The molecule has 4 nitrogen and oxygen atoms in total. The standard InChI is InChI=1S/C23H19N3O/c27-20(17-10-4-1-5-11-17)16-21-24-22(18-12-6-2-7-13-18)26-23(25-21)19-14-8-3-9-15-19/h1-15,21H,16H2,(H,24,25,26). The maximum absolute atomic E-state index is 12.6. The van der Waals surface area contributed by atoms with E-state index in [2.05, 4.69) is 5.32 Å². The van der Waals surface area contributed by atoms with E-state index < -0.39 is 6.17 Å². The highest BCUT2D eigenvalue weighted by Crippen LogP contribution is 2.16. The van der Waals surface area contributed by atoms with Crippen LogP contribution in [0, 0.1) is 0 Å². The fraction of sp³-hybridized carbons (Fsp3) is 0.0870. The van der Waals surface area contributed by atoms with Crippen molar-refractivity contribution in [3.8, 4) is 0 Å². The van der Waals surface area contributed by atoms with Gasteiger partial charge in [-0.25, -0.2) is 9.98 Å². The van der Waals surface area contributed by atoms with Gasteiger partial charge in [0, 0.05) is 16.7 Å². The molecule has 3 aromatic rings. The molecule has 0 atom stereocenters. The maximum atomic E-state index is 12.6. The van der Waals surface area contributed by atoms with Crippen molar-refractivity contribution < 1.29 is 4.79 Å². The highest BCUT2D eigenvalue weighted by molar-refractivity contribution is 6.16. The number of ketones is 1. The van der Waals surface area contributed by atoms with E-state index in [-0.39, 0.29) is 12.2 Å². The average molecular weight is 353 g/mol. The summed E-state index contributed by atoms with van der Waals surface area (Å²) in [5.41, 5.74) is 2.62. The predicted molar refractivity (Wildman–Crippen MR) is 108 cm³/mol. The fourth-order valence-corrected chi connectivity index (χ4v) is 2.99. The number of amidine groups is 2. The lowest BCUT2D eigenvalue weighted by Gasteiger charge is -2.21. The lowest BCUT2D eigenvalue weighted by molar-refractivity contribution is 0.0975. The Morgan fingerprint density at radius 3 is 1.63 bits per heavy atom. The quantitative estimate of drug-likeness (QED) is 0.703. The third-order valence-electron chi connectivity index (χ3n) is 4.35. The van der Waals surface area contributed by atoms with E-state index in [0.29, 0.717) is 5.56 Å². The van der Waals surface area contributed by atoms with Crippen LogP contribution in [0.2, 0.25) is 0 Å². The number of benzene rings is 3. The number of carbonyl (C=O) groups excluding carboxylic acids is 1. The zero-order valence-electron chi connectivity index (χ0n) is 14.7. The minimum atomic E-state index is -0.454. The van der Waals surface area contributed by atoms with Gasteiger partial charge in [-0.15, -0.1) is 0 Å². The van der Waals surface area contributed by atoms with Crippen LogP contribution in [-0.2, 0) is 0 Å². The molecule has 1 N–H and O–H groups in total. The second kappa shape index (κ2) is 7.79. The van der Waals surface area contributed by atoms with Crippen LogP contribution in [0.1, 0.15) is 27.9 Å². The molecule has 0 saturated carbocycles. The number of aliphatic imine (C=N–C) groups is 2. The third kappa shape index (κ3) is 4.01. The minimum absolute atomic E-state index is 0.0369. The molecule has 132 valence electrons. The summed E-state index contributed by atoms with van der Waals surface area (Å²) < 4.78 is 0. The van der Waals surface area contributed by atoms with Gasteiger partial charge in [-0.1, -0.05) is 91.0 Å². The molecule has 0 spiro atoms. The van der Waals surface area contributed by atoms with Crippen LogP contribution in [0.25, 0.3) is 0 Å². The highest BCUT2D eigenvalue weighted by atomic mass is 16.1. The smallest absolute Gasteiger partial charge is 0.166 e. The van der Waals surface area contributed by atoms with E-state index in [9.17, 15) is 4.79 Å². The molecule has 0 aromatic heterocycles. The van der Waals surface area contributed by atoms with E-state index in [1.54, 1.807) is 0 Å². The van der Waals surface area contributed by atoms with Crippen LogP contribution in [0.3, 0.4) is 0 Å². The van der Waals surface area contributed by atoms with Crippen LogP contribution in [0.4, 0.5) is 0 Å².